The van der Waals surface area contributed by atoms with E-state index in [1.165, 1.54) is 58.2 Å². The van der Waals surface area contributed by atoms with E-state index in [9.17, 15) is 0 Å². The van der Waals surface area contributed by atoms with Crippen LogP contribution >= 0.6 is 0 Å². The summed E-state index contributed by atoms with van der Waals surface area (Å²) >= 11 is 0. The molecule has 3 heteroatoms. The highest BCUT2D eigenvalue weighted by atomic mass is 16.2. The quantitative estimate of drug-likeness (QED) is 0.765. The molecule has 2 rings (SSSR count). The SMILES string of the molecule is CNCCC1CCN(C2CCC2)CC1.CO. The summed E-state index contributed by atoms with van der Waals surface area (Å²) in [5, 5.41) is 10.3. The number of aliphatic hydroxyl groups is 1. The maximum atomic E-state index is 7.00. The molecule has 0 aromatic heterocycles. The molecular formula is C13H28N2O. The molecule has 1 saturated carbocycles. The summed E-state index contributed by atoms with van der Waals surface area (Å²) in [7, 11) is 3.06. The molecule has 0 radical (unpaired) electrons. The van der Waals surface area contributed by atoms with Crippen molar-refractivity contribution in [3.05, 3.63) is 0 Å². The van der Waals surface area contributed by atoms with E-state index in [1.807, 2.05) is 0 Å². The second-order valence-corrected chi connectivity index (χ2v) is 4.96. The van der Waals surface area contributed by atoms with Crippen LogP contribution in [0.2, 0.25) is 0 Å². The summed E-state index contributed by atoms with van der Waals surface area (Å²) in [5.41, 5.74) is 0. The van der Waals surface area contributed by atoms with Crippen molar-refractivity contribution >= 4 is 0 Å². The molecule has 0 amide bonds. The number of hydrogen-bond acceptors (Lipinski definition) is 3. The van der Waals surface area contributed by atoms with Crippen molar-refractivity contribution in [3.8, 4) is 0 Å². The molecular weight excluding hydrogens is 200 g/mol. The average Bonchev–Trinajstić information content (AvgIpc) is 2.29. The van der Waals surface area contributed by atoms with Gasteiger partial charge in [0.1, 0.15) is 0 Å². The minimum absolute atomic E-state index is 0.972. The zero-order valence-electron chi connectivity index (χ0n) is 10.9. The van der Waals surface area contributed by atoms with Crippen LogP contribution < -0.4 is 5.32 Å². The molecule has 0 aromatic carbocycles. The number of nitrogens with one attached hydrogen (secondary N) is 1. The van der Waals surface area contributed by atoms with Gasteiger partial charge in [-0.2, -0.15) is 0 Å². The first-order valence-electron chi connectivity index (χ1n) is 6.73. The smallest absolute Gasteiger partial charge is 0.0319 e. The molecule has 0 aromatic rings. The first kappa shape index (κ1) is 13.9. The van der Waals surface area contributed by atoms with E-state index in [-0.39, 0.29) is 0 Å². The second kappa shape index (κ2) is 8.04. The fraction of sp³-hybridized carbons (Fsp3) is 1.00. The largest absolute Gasteiger partial charge is 0.400 e. The molecule has 0 bridgehead atoms. The number of aliphatic hydroxyl groups excluding tert-OH is 1. The number of piperidine rings is 1. The first-order chi connectivity index (χ1) is 7.90. The summed E-state index contributed by atoms with van der Waals surface area (Å²) in [6.07, 6.45) is 8.69. The lowest BCUT2D eigenvalue weighted by Gasteiger charge is -2.41. The van der Waals surface area contributed by atoms with Crippen LogP contribution in [0.15, 0.2) is 0 Å². The van der Waals surface area contributed by atoms with Gasteiger partial charge in [0.2, 0.25) is 0 Å². The van der Waals surface area contributed by atoms with Gasteiger partial charge in [0.15, 0.2) is 0 Å². The summed E-state index contributed by atoms with van der Waals surface area (Å²) in [5.74, 6) is 0.999. The highest BCUT2D eigenvalue weighted by Crippen LogP contribution is 2.29. The van der Waals surface area contributed by atoms with E-state index in [0.29, 0.717) is 0 Å². The summed E-state index contributed by atoms with van der Waals surface area (Å²) < 4.78 is 0. The minimum atomic E-state index is 0.972. The van der Waals surface area contributed by atoms with Crippen molar-refractivity contribution in [2.24, 2.45) is 5.92 Å². The van der Waals surface area contributed by atoms with Crippen LogP contribution in [0.5, 0.6) is 0 Å². The molecule has 0 spiro atoms. The molecule has 3 nitrogen and oxygen atoms in total. The Bertz CT molecular complexity index is 163. The molecule has 0 unspecified atom stereocenters. The number of nitrogens with zero attached hydrogens (tertiary/aromatic N) is 1. The first-order valence-corrected chi connectivity index (χ1v) is 6.73. The maximum absolute atomic E-state index is 7.00. The highest BCUT2D eigenvalue weighted by Gasteiger charge is 2.28. The van der Waals surface area contributed by atoms with Gasteiger partial charge in [-0.25, -0.2) is 0 Å². The predicted molar refractivity (Wildman–Crippen MR) is 68.6 cm³/mol. The van der Waals surface area contributed by atoms with Crippen LogP contribution in [-0.2, 0) is 0 Å². The highest BCUT2D eigenvalue weighted by molar-refractivity contribution is 4.83. The Balaban J connectivity index is 0.000000606. The fourth-order valence-electron chi connectivity index (χ4n) is 2.71. The van der Waals surface area contributed by atoms with Crippen molar-refractivity contribution < 1.29 is 5.11 Å². The summed E-state index contributed by atoms with van der Waals surface area (Å²) in [6, 6.07) is 0.972. The Morgan fingerprint density at radius 2 is 1.75 bits per heavy atom. The van der Waals surface area contributed by atoms with Gasteiger partial charge in [-0.05, 0) is 64.7 Å². The van der Waals surface area contributed by atoms with Crippen LogP contribution in [0.1, 0.15) is 38.5 Å². The van der Waals surface area contributed by atoms with E-state index in [0.717, 1.165) is 19.1 Å². The maximum Gasteiger partial charge on any atom is 0.0319 e. The lowest BCUT2D eigenvalue weighted by Crippen LogP contribution is -2.45. The lowest BCUT2D eigenvalue weighted by atomic mass is 9.87. The Hall–Kier alpha value is -0.120. The van der Waals surface area contributed by atoms with Gasteiger partial charge >= 0.3 is 0 Å². The van der Waals surface area contributed by atoms with Crippen molar-refractivity contribution in [2.45, 2.75) is 44.6 Å². The van der Waals surface area contributed by atoms with E-state index >= 15 is 0 Å². The summed E-state index contributed by atoms with van der Waals surface area (Å²) in [4.78, 5) is 2.74. The van der Waals surface area contributed by atoms with Crippen molar-refractivity contribution in [3.63, 3.8) is 0 Å². The Labute approximate surface area is 100 Å². The average molecular weight is 228 g/mol. The van der Waals surface area contributed by atoms with Gasteiger partial charge in [-0.1, -0.05) is 6.42 Å². The van der Waals surface area contributed by atoms with E-state index in [2.05, 4.69) is 17.3 Å². The normalized spacial score (nSPS) is 23.4. The number of likely N-dealkylation sites (tertiary alicyclic amines) is 1. The molecule has 1 aliphatic heterocycles. The van der Waals surface area contributed by atoms with Gasteiger partial charge < -0.3 is 15.3 Å². The fourth-order valence-corrected chi connectivity index (χ4v) is 2.71. The Morgan fingerprint density at radius 3 is 2.19 bits per heavy atom. The van der Waals surface area contributed by atoms with Crippen molar-refractivity contribution in [1.82, 2.24) is 10.2 Å². The van der Waals surface area contributed by atoms with Crippen LogP contribution in [0.25, 0.3) is 0 Å². The van der Waals surface area contributed by atoms with Crippen molar-refractivity contribution in [2.75, 3.05) is 33.8 Å². The lowest BCUT2D eigenvalue weighted by molar-refractivity contribution is 0.0828. The molecule has 2 fully saturated rings. The van der Waals surface area contributed by atoms with Gasteiger partial charge in [-0.15, -0.1) is 0 Å². The van der Waals surface area contributed by atoms with Gasteiger partial charge in [0.05, 0.1) is 0 Å². The molecule has 1 saturated heterocycles. The van der Waals surface area contributed by atoms with Crippen LogP contribution in [0.3, 0.4) is 0 Å². The molecule has 16 heavy (non-hydrogen) atoms. The van der Waals surface area contributed by atoms with Crippen molar-refractivity contribution in [1.29, 1.82) is 0 Å². The third kappa shape index (κ3) is 4.04. The van der Waals surface area contributed by atoms with Crippen LogP contribution in [-0.4, -0.2) is 49.8 Å². The molecule has 0 atom stereocenters. The topological polar surface area (TPSA) is 35.5 Å². The standard InChI is InChI=1S/C12H24N2.CH4O/c1-13-8-5-11-6-9-14(10-7-11)12-3-2-4-12;1-2/h11-13H,2-10H2,1H3;2H,1H3. The number of rotatable bonds is 4. The van der Waals surface area contributed by atoms with E-state index in [4.69, 9.17) is 5.11 Å². The monoisotopic (exact) mass is 228 g/mol. The zero-order chi connectivity index (χ0) is 11.8. The van der Waals surface area contributed by atoms with Gasteiger partial charge in [0, 0.05) is 13.2 Å². The zero-order valence-corrected chi connectivity index (χ0v) is 10.9. The van der Waals surface area contributed by atoms with Crippen LogP contribution in [0.4, 0.5) is 0 Å². The second-order valence-electron chi connectivity index (χ2n) is 4.96. The van der Waals surface area contributed by atoms with Gasteiger partial charge in [0.25, 0.3) is 0 Å². The molecule has 2 N–H and O–H groups in total. The molecule has 1 heterocycles. The molecule has 2 aliphatic rings. The summed E-state index contributed by atoms with van der Waals surface area (Å²) in [6.45, 7) is 3.95. The third-order valence-electron chi connectivity index (χ3n) is 4.04. The minimum Gasteiger partial charge on any atom is -0.400 e. The molecule has 1 aliphatic carbocycles. The third-order valence-corrected chi connectivity index (χ3v) is 4.04. The molecule has 96 valence electrons. The van der Waals surface area contributed by atoms with E-state index in [1.54, 1.807) is 0 Å². The number of hydrogen-bond donors (Lipinski definition) is 2. The van der Waals surface area contributed by atoms with Gasteiger partial charge in [-0.3, -0.25) is 0 Å². The predicted octanol–water partition coefficient (Wildman–Crippen LogP) is 1.47. The van der Waals surface area contributed by atoms with Crippen LogP contribution in [0, 0.1) is 5.92 Å². The Kier molecular flexibility index (Phi) is 7.01. The van der Waals surface area contributed by atoms with E-state index < -0.39 is 0 Å². The Morgan fingerprint density at radius 1 is 1.12 bits per heavy atom.